The Morgan fingerprint density at radius 1 is 1.04 bits per heavy atom. The monoisotopic (exact) mass is 349 g/mol. The number of rotatable bonds is 3. The normalized spacial score (nSPS) is 17.9. The van der Waals surface area contributed by atoms with Crippen molar-refractivity contribution >= 4 is 17.9 Å². The van der Waals surface area contributed by atoms with Gasteiger partial charge in [0.2, 0.25) is 0 Å². The number of aromatic carboxylic acids is 1. The number of carbonyl (C=O) groups is 1. The lowest BCUT2D eigenvalue weighted by atomic mass is 9.63. The fourth-order valence-electron chi connectivity index (χ4n) is 3.83. The van der Waals surface area contributed by atoms with E-state index in [9.17, 15) is 9.90 Å². The first-order valence-electron chi connectivity index (χ1n) is 9.14. The summed E-state index contributed by atoms with van der Waals surface area (Å²) in [7, 11) is 0. The molecule has 1 aliphatic rings. The highest BCUT2D eigenvalue weighted by atomic mass is 16.4. The van der Waals surface area contributed by atoms with E-state index in [-0.39, 0.29) is 16.4 Å². The van der Waals surface area contributed by atoms with Crippen molar-refractivity contribution in [1.82, 2.24) is 0 Å². The molecular formula is C23H27NO2. The Hall–Kier alpha value is -2.42. The van der Waals surface area contributed by atoms with Gasteiger partial charge in [-0.25, -0.2) is 4.79 Å². The fraction of sp³-hybridized carbons (Fsp3) is 0.391. The number of aryl methyl sites for hydroxylation is 1. The molecule has 0 aliphatic heterocycles. The van der Waals surface area contributed by atoms with Crippen LogP contribution in [0.2, 0.25) is 0 Å². The van der Waals surface area contributed by atoms with Gasteiger partial charge in [0.15, 0.2) is 0 Å². The van der Waals surface area contributed by atoms with Crippen LogP contribution in [-0.4, -0.2) is 17.3 Å². The molecule has 1 aliphatic carbocycles. The molecule has 0 heterocycles. The van der Waals surface area contributed by atoms with Gasteiger partial charge in [0.1, 0.15) is 0 Å². The minimum Gasteiger partial charge on any atom is -0.478 e. The van der Waals surface area contributed by atoms with Crippen molar-refractivity contribution in [2.75, 3.05) is 0 Å². The number of para-hydroxylation sites is 1. The van der Waals surface area contributed by atoms with Gasteiger partial charge in [0.25, 0.3) is 0 Å². The average molecular weight is 349 g/mol. The second-order valence-electron chi connectivity index (χ2n) is 8.61. The molecule has 2 aromatic carbocycles. The largest absolute Gasteiger partial charge is 0.478 e. The van der Waals surface area contributed by atoms with Crippen LogP contribution in [-0.2, 0) is 10.8 Å². The molecule has 0 aromatic heterocycles. The Kier molecular flexibility index (Phi) is 4.51. The molecule has 3 rings (SSSR count). The van der Waals surface area contributed by atoms with Gasteiger partial charge in [-0.1, -0.05) is 52.0 Å². The third-order valence-electron chi connectivity index (χ3n) is 5.69. The lowest BCUT2D eigenvalue weighted by Gasteiger charge is -2.42. The topological polar surface area (TPSA) is 49.7 Å². The van der Waals surface area contributed by atoms with Crippen LogP contribution in [0.15, 0.2) is 41.4 Å². The van der Waals surface area contributed by atoms with Crippen LogP contribution in [0.25, 0.3) is 0 Å². The number of benzene rings is 2. The smallest absolute Gasteiger partial charge is 0.337 e. The van der Waals surface area contributed by atoms with E-state index in [2.05, 4.69) is 50.9 Å². The number of fused-ring (bicyclic) bond motifs is 1. The van der Waals surface area contributed by atoms with E-state index in [4.69, 9.17) is 0 Å². The first-order chi connectivity index (χ1) is 12.1. The summed E-state index contributed by atoms with van der Waals surface area (Å²) in [6.45, 7) is 11.1. The molecule has 0 saturated heterocycles. The Labute approximate surface area is 155 Å². The summed E-state index contributed by atoms with van der Waals surface area (Å²) in [4.78, 5) is 16.0. The van der Waals surface area contributed by atoms with Crippen LogP contribution in [0.3, 0.4) is 0 Å². The quantitative estimate of drug-likeness (QED) is 0.713. The van der Waals surface area contributed by atoms with Crippen LogP contribution in [0, 0.1) is 6.92 Å². The molecular weight excluding hydrogens is 322 g/mol. The second kappa shape index (κ2) is 6.39. The summed E-state index contributed by atoms with van der Waals surface area (Å²) in [5.74, 6) is -0.950. The molecule has 3 heteroatoms. The Morgan fingerprint density at radius 2 is 1.69 bits per heavy atom. The van der Waals surface area contributed by atoms with Gasteiger partial charge in [0.05, 0.1) is 11.3 Å². The van der Waals surface area contributed by atoms with Gasteiger partial charge in [-0.3, -0.25) is 4.99 Å². The van der Waals surface area contributed by atoms with Gasteiger partial charge < -0.3 is 5.11 Å². The van der Waals surface area contributed by atoms with Gasteiger partial charge in [0, 0.05) is 6.21 Å². The summed E-state index contributed by atoms with van der Waals surface area (Å²) in [6.07, 6.45) is 4.13. The van der Waals surface area contributed by atoms with Crippen LogP contribution < -0.4 is 0 Å². The highest BCUT2D eigenvalue weighted by molar-refractivity contribution is 5.96. The number of hydrogen-bond donors (Lipinski definition) is 1. The second-order valence-corrected chi connectivity index (χ2v) is 8.61. The SMILES string of the molecule is Cc1cccc(C(=O)O)c1N=Cc1ccc2c(c1)C(C)(C)CCC2(C)C. The number of nitrogens with zero attached hydrogens (tertiary/aromatic N) is 1. The van der Waals surface area contributed by atoms with Crippen LogP contribution in [0.1, 0.15) is 73.1 Å². The van der Waals surface area contributed by atoms with Crippen molar-refractivity contribution in [3.8, 4) is 0 Å². The molecule has 0 radical (unpaired) electrons. The summed E-state index contributed by atoms with van der Waals surface area (Å²) in [6, 6.07) is 11.8. The van der Waals surface area contributed by atoms with Crippen LogP contribution >= 0.6 is 0 Å². The zero-order chi connectivity index (χ0) is 19.1. The molecule has 3 nitrogen and oxygen atoms in total. The maximum Gasteiger partial charge on any atom is 0.337 e. The molecule has 26 heavy (non-hydrogen) atoms. The standard InChI is InChI=1S/C23H27NO2/c1-15-7-6-8-17(21(25)26)20(15)24-14-16-9-10-18-19(13-16)23(4,5)12-11-22(18,2)3/h6-10,13-14H,11-12H2,1-5H3,(H,25,26). The van der Waals surface area contributed by atoms with E-state index in [1.54, 1.807) is 18.3 Å². The van der Waals surface area contributed by atoms with Gasteiger partial charge in [-0.05, 0) is 65.0 Å². The minimum atomic E-state index is -0.950. The first-order valence-corrected chi connectivity index (χ1v) is 9.14. The maximum atomic E-state index is 11.5. The van der Waals surface area contributed by atoms with Gasteiger partial charge in [-0.2, -0.15) is 0 Å². The molecule has 0 bridgehead atoms. The van der Waals surface area contributed by atoms with Crippen molar-refractivity contribution in [2.45, 2.75) is 58.3 Å². The summed E-state index contributed by atoms with van der Waals surface area (Å²) in [5.41, 5.74) is 5.75. The summed E-state index contributed by atoms with van der Waals surface area (Å²) in [5, 5.41) is 9.40. The molecule has 0 amide bonds. The predicted octanol–water partition coefficient (Wildman–Crippen LogP) is 5.79. The van der Waals surface area contributed by atoms with Crippen molar-refractivity contribution in [2.24, 2.45) is 4.99 Å². The van der Waals surface area contributed by atoms with Crippen LogP contribution in [0.4, 0.5) is 5.69 Å². The molecule has 0 unspecified atom stereocenters. The zero-order valence-corrected chi connectivity index (χ0v) is 16.3. The summed E-state index contributed by atoms with van der Waals surface area (Å²) >= 11 is 0. The van der Waals surface area contributed by atoms with E-state index in [1.807, 2.05) is 13.0 Å². The van der Waals surface area contributed by atoms with Crippen molar-refractivity contribution in [1.29, 1.82) is 0 Å². The van der Waals surface area contributed by atoms with Crippen molar-refractivity contribution in [3.05, 3.63) is 64.2 Å². The Balaban J connectivity index is 2.03. The Morgan fingerprint density at radius 3 is 2.35 bits per heavy atom. The lowest BCUT2D eigenvalue weighted by molar-refractivity contribution is 0.0697. The average Bonchev–Trinajstić information content (AvgIpc) is 2.57. The lowest BCUT2D eigenvalue weighted by Crippen LogP contribution is -2.33. The van der Waals surface area contributed by atoms with Gasteiger partial charge in [-0.15, -0.1) is 0 Å². The first kappa shape index (κ1) is 18.4. The van der Waals surface area contributed by atoms with Gasteiger partial charge >= 0.3 is 5.97 Å². The van der Waals surface area contributed by atoms with E-state index in [1.165, 1.54) is 17.5 Å². The molecule has 136 valence electrons. The number of carboxylic acids is 1. The molecule has 0 atom stereocenters. The molecule has 2 aromatic rings. The predicted molar refractivity (Wildman–Crippen MR) is 107 cm³/mol. The third kappa shape index (κ3) is 3.31. The fourth-order valence-corrected chi connectivity index (χ4v) is 3.83. The highest BCUT2D eigenvalue weighted by Crippen LogP contribution is 2.45. The van der Waals surface area contributed by atoms with Crippen LogP contribution in [0.5, 0.6) is 0 Å². The number of aliphatic imine (C=N–C) groups is 1. The highest BCUT2D eigenvalue weighted by Gasteiger charge is 2.36. The third-order valence-corrected chi connectivity index (χ3v) is 5.69. The number of carboxylic acid groups (broad SMARTS) is 1. The number of hydrogen-bond acceptors (Lipinski definition) is 2. The molecule has 1 N–H and O–H groups in total. The van der Waals surface area contributed by atoms with E-state index < -0.39 is 5.97 Å². The summed E-state index contributed by atoms with van der Waals surface area (Å²) < 4.78 is 0. The molecule has 0 fully saturated rings. The Bertz CT molecular complexity index is 891. The maximum absolute atomic E-state index is 11.5. The van der Waals surface area contributed by atoms with Crippen molar-refractivity contribution in [3.63, 3.8) is 0 Å². The van der Waals surface area contributed by atoms with Crippen molar-refractivity contribution < 1.29 is 9.90 Å². The van der Waals surface area contributed by atoms with E-state index in [0.29, 0.717) is 5.69 Å². The zero-order valence-electron chi connectivity index (χ0n) is 16.3. The van der Waals surface area contributed by atoms with E-state index in [0.717, 1.165) is 17.5 Å². The molecule has 0 spiro atoms. The molecule has 0 saturated carbocycles. The van der Waals surface area contributed by atoms with E-state index >= 15 is 0 Å². The minimum absolute atomic E-state index is 0.142.